The summed E-state index contributed by atoms with van der Waals surface area (Å²) in [5.41, 5.74) is 1.25. The zero-order valence-corrected chi connectivity index (χ0v) is 14.5. The minimum absolute atomic E-state index is 0.458. The van der Waals surface area contributed by atoms with Crippen molar-refractivity contribution < 1.29 is 0 Å². The number of thiazole rings is 1. The van der Waals surface area contributed by atoms with Crippen LogP contribution in [0.15, 0.2) is 5.38 Å². The molecule has 1 fully saturated rings. The molecular weight excluding hydrogens is 264 g/mol. The second kappa shape index (κ2) is 7.04. The van der Waals surface area contributed by atoms with Crippen molar-refractivity contribution in [1.82, 2.24) is 10.3 Å². The fourth-order valence-electron chi connectivity index (χ4n) is 3.10. The quantitative estimate of drug-likeness (QED) is 0.814. The smallest absolute Gasteiger partial charge is 0.110 e. The van der Waals surface area contributed by atoms with Gasteiger partial charge in [-0.15, -0.1) is 11.3 Å². The molecule has 1 unspecified atom stereocenters. The molecule has 1 aromatic heterocycles. The van der Waals surface area contributed by atoms with Crippen LogP contribution in [0.5, 0.6) is 0 Å². The summed E-state index contributed by atoms with van der Waals surface area (Å²) in [5.74, 6) is 2.21. The molecule has 1 aliphatic carbocycles. The largest absolute Gasteiger partial charge is 0.305 e. The highest BCUT2D eigenvalue weighted by atomic mass is 32.1. The first-order valence-electron chi connectivity index (χ1n) is 8.18. The van der Waals surface area contributed by atoms with Crippen LogP contribution in [-0.4, -0.2) is 11.0 Å². The Labute approximate surface area is 128 Å². The topological polar surface area (TPSA) is 24.9 Å². The van der Waals surface area contributed by atoms with Crippen molar-refractivity contribution >= 4 is 11.3 Å². The third-order valence-electron chi connectivity index (χ3n) is 4.44. The molecule has 114 valence electrons. The van der Waals surface area contributed by atoms with Crippen LogP contribution in [0, 0.1) is 11.8 Å². The predicted molar refractivity (Wildman–Crippen MR) is 88.3 cm³/mol. The van der Waals surface area contributed by atoms with Gasteiger partial charge in [0.25, 0.3) is 0 Å². The van der Waals surface area contributed by atoms with Crippen LogP contribution in [0.4, 0.5) is 0 Å². The van der Waals surface area contributed by atoms with E-state index in [4.69, 9.17) is 4.98 Å². The van der Waals surface area contributed by atoms with Gasteiger partial charge in [0.05, 0.1) is 11.7 Å². The van der Waals surface area contributed by atoms with Crippen molar-refractivity contribution in [2.45, 2.75) is 78.3 Å². The van der Waals surface area contributed by atoms with E-state index in [0.717, 1.165) is 11.8 Å². The highest BCUT2D eigenvalue weighted by molar-refractivity contribution is 7.09. The molecule has 0 saturated heterocycles. The molecule has 1 atom stereocenters. The van der Waals surface area contributed by atoms with E-state index in [2.05, 4.69) is 45.3 Å². The summed E-state index contributed by atoms with van der Waals surface area (Å²) >= 11 is 1.85. The number of aromatic nitrogens is 1. The van der Waals surface area contributed by atoms with Gasteiger partial charge in [-0.25, -0.2) is 4.98 Å². The number of rotatable bonds is 5. The molecule has 2 rings (SSSR count). The maximum Gasteiger partial charge on any atom is 0.110 e. The Morgan fingerprint density at radius 2 is 1.80 bits per heavy atom. The van der Waals surface area contributed by atoms with Crippen molar-refractivity contribution in [2.75, 3.05) is 0 Å². The predicted octanol–water partition coefficient (Wildman–Crippen LogP) is 5.13. The average molecular weight is 295 g/mol. The summed E-state index contributed by atoms with van der Waals surface area (Å²) < 4.78 is 0. The van der Waals surface area contributed by atoms with E-state index in [0.29, 0.717) is 18.0 Å². The first-order chi connectivity index (χ1) is 9.47. The molecule has 0 amide bonds. The standard InChI is InChI=1S/C17H30N2S/c1-11(2)15-10-20-17(19-15)16(18-12(3)4)14-8-6-13(5)7-9-14/h10-14,16,18H,6-9H2,1-5H3. The number of nitrogens with zero attached hydrogens (tertiary/aromatic N) is 1. The Morgan fingerprint density at radius 1 is 1.15 bits per heavy atom. The molecule has 0 radical (unpaired) electrons. The third-order valence-corrected chi connectivity index (χ3v) is 5.39. The molecular formula is C17H30N2S. The van der Waals surface area contributed by atoms with Crippen LogP contribution in [-0.2, 0) is 0 Å². The summed E-state index contributed by atoms with van der Waals surface area (Å²) in [6.07, 6.45) is 5.46. The van der Waals surface area contributed by atoms with Gasteiger partial charge in [-0.1, -0.05) is 47.5 Å². The van der Waals surface area contributed by atoms with Crippen LogP contribution >= 0.6 is 11.3 Å². The molecule has 1 N–H and O–H groups in total. The molecule has 2 nitrogen and oxygen atoms in total. The summed E-state index contributed by atoms with van der Waals surface area (Å²) in [6.45, 7) is 11.3. The van der Waals surface area contributed by atoms with Gasteiger partial charge in [-0.2, -0.15) is 0 Å². The zero-order valence-electron chi connectivity index (χ0n) is 13.6. The van der Waals surface area contributed by atoms with Gasteiger partial charge < -0.3 is 5.32 Å². The molecule has 1 aliphatic rings. The highest BCUT2D eigenvalue weighted by Crippen LogP contribution is 2.38. The van der Waals surface area contributed by atoms with Crippen molar-refractivity contribution in [3.8, 4) is 0 Å². The minimum Gasteiger partial charge on any atom is -0.305 e. The van der Waals surface area contributed by atoms with Gasteiger partial charge in [0.15, 0.2) is 0 Å². The molecule has 20 heavy (non-hydrogen) atoms. The lowest BCUT2D eigenvalue weighted by Crippen LogP contribution is -2.35. The molecule has 0 bridgehead atoms. The van der Waals surface area contributed by atoms with Crippen LogP contribution in [0.1, 0.15) is 83.0 Å². The Balaban J connectivity index is 2.13. The number of hydrogen-bond donors (Lipinski definition) is 1. The normalized spacial score (nSPS) is 25.4. The van der Waals surface area contributed by atoms with E-state index in [-0.39, 0.29) is 0 Å². The summed E-state index contributed by atoms with van der Waals surface area (Å²) in [7, 11) is 0. The molecule has 1 aromatic rings. The second-order valence-electron chi connectivity index (χ2n) is 7.08. The van der Waals surface area contributed by atoms with Crippen LogP contribution in [0.25, 0.3) is 0 Å². The average Bonchev–Trinajstić information content (AvgIpc) is 2.86. The number of nitrogens with one attached hydrogen (secondary N) is 1. The van der Waals surface area contributed by atoms with Crippen LogP contribution in [0.3, 0.4) is 0 Å². The Bertz CT molecular complexity index is 403. The highest BCUT2D eigenvalue weighted by Gasteiger charge is 2.29. The maximum atomic E-state index is 4.91. The maximum absolute atomic E-state index is 4.91. The van der Waals surface area contributed by atoms with E-state index >= 15 is 0 Å². The van der Waals surface area contributed by atoms with E-state index in [9.17, 15) is 0 Å². The van der Waals surface area contributed by atoms with E-state index in [1.54, 1.807) is 0 Å². The van der Waals surface area contributed by atoms with Crippen molar-refractivity contribution in [1.29, 1.82) is 0 Å². The van der Waals surface area contributed by atoms with Crippen molar-refractivity contribution in [3.63, 3.8) is 0 Å². The molecule has 0 spiro atoms. The Morgan fingerprint density at radius 3 is 2.30 bits per heavy atom. The van der Waals surface area contributed by atoms with E-state index in [1.807, 2.05) is 11.3 Å². The second-order valence-corrected chi connectivity index (χ2v) is 7.97. The first-order valence-corrected chi connectivity index (χ1v) is 9.06. The molecule has 1 saturated carbocycles. The fraction of sp³-hybridized carbons (Fsp3) is 0.824. The minimum atomic E-state index is 0.458. The Hall–Kier alpha value is -0.410. The monoisotopic (exact) mass is 294 g/mol. The summed E-state index contributed by atoms with van der Waals surface area (Å²) in [4.78, 5) is 4.91. The first kappa shape index (κ1) is 16.0. The van der Waals surface area contributed by atoms with E-state index < -0.39 is 0 Å². The molecule has 3 heteroatoms. The zero-order chi connectivity index (χ0) is 14.7. The van der Waals surface area contributed by atoms with Crippen LogP contribution in [0.2, 0.25) is 0 Å². The molecule has 0 aromatic carbocycles. The van der Waals surface area contributed by atoms with Gasteiger partial charge in [0.2, 0.25) is 0 Å². The van der Waals surface area contributed by atoms with Crippen molar-refractivity contribution in [2.24, 2.45) is 11.8 Å². The lowest BCUT2D eigenvalue weighted by Gasteiger charge is -2.33. The summed E-state index contributed by atoms with van der Waals surface area (Å²) in [5, 5.41) is 7.34. The Kier molecular flexibility index (Phi) is 5.62. The fourth-order valence-corrected chi connectivity index (χ4v) is 4.23. The molecule has 1 heterocycles. The van der Waals surface area contributed by atoms with Crippen molar-refractivity contribution in [3.05, 3.63) is 16.1 Å². The third kappa shape index (κ3) is 4.05. The molecule has 0 aliphatic heterocycles. The summed E-state index contributed by atoms with van der Waals surface area (Å²) in [6, 6.07) is 0.978. The van der Waals surface area contributed by atoms with E-state index in [1.165, 1.54) is 36.4 Å². The van der Waals surface area contributed by atoms with Gasteiger partial charge in [-0.05, 0) is 30.6 Å². The number of hydrogen-bond acceptors (Lipinski definition) is 3. The lowest BCUT2D eigenvalue weighted by molar-refractivity contribution is 0.223. The lowest BCUT2D eigenvalue weighted by atomic mass is 9.79. The SMILES string of the molecule is CC1CCC(C(NC(C)C)c2nc(C(C)C)cs2)CC1. The van der Waals surface area contributed by atoms with Gasteiger partial charge >= 0.3 is 0 Å². The van der Waals surface area contributed by atoms with Gasteiger partial charge in [0.1, 0.15) is 5.01 Å². The van der Waals surface area contributed by atoms with Gasteiger partial charge in [-0.3, -0.25) is 0 Å². The van der Waals surface area contributed by atoms with Crippen LogP contribution < -0.4 is 5.32 Å². The van der Waals surface area contributed by atoms with Gasteiger partial charge in [0, 0.05) is 11.4 Å².